The van der Waals surface area contributed by atoms with Crippen LogP contribution in [-0.2, 0) is 17.9 Å². The fourth-order valence-electron chi connectivity index (χ4n) is 1.55. The zero-order valence-corrected chi connectivity index (χ0v) is 9.48. The Morgan fingerprint density at radius 1 is 0.875 bits per heavy atom. The molecule has 0 heterocycles. The summed E-state index contributed by atoms with van der Waals surface area (Å²) in [6.07, 6.45) is 0.908. The van der Waals surface area contributed by atoms with Gasteiger partial charge in [-0.1, -0.05) is 42.5 Å². The molecule has 0 aromatic heterocycles. The fourth-order valence-corrected chi connectivity index (χ4v) is 1.76. The molecule has 3 heteroatoms. The molecule has 80 valence electrons. The van der Waals surface area contributed by atoms with Gasteiger partial charge in [0.1, 0.15) is 0 Å². The van der Waals surface area contributed by atoms with Gasteiger partial charge in [-0.3, -0.25) is 0 Å². The predicted molar refractivity (Wildman–Crippen MR) is 65.9 cm³/mol. The van der Waals surface area contributed by atoms with E-state index in [1.165, 1.54) is 11.1 Å². The second kappa shape index (κ2) is 5.37. The summed E-state index contributed by atoms with van der Waals surface area (Å²) in [5.74, 6) is 0. The average molecular weight is 229 g/mol. The van der Waals surface area contributed by atoms with E-state index in [0.717, 1.165) is 12.1 Å². The van der Waals surface area contributed by atoms with Crippen molar-refractivity contribution in [1.29, 1.82) is 0 Å². The summed E-state index contributed by atoms with van der Waals surface area (Å²) in [4.78, 5) is 0. The molecular formula is C13H11NOS. The maximum atomic E-state index is 10.2. The van der Waals surface area contributed by atoms with Crippen LogP contribution in [0.3, 0.4) is 0 Å². The average Bonchev–Trinajstić information content (AvgIpc) is 2.33. The summed E-state index contributed by atoms with van der Waals surface area (Å²) in [5.41, 5.74) is 3.23. The molecule has 2 nitrogen and oxygen atoms in total. The first kappa shape index (κ1) is 10.8. The summed E-state index contributed by atoms with van der Waals surface area (Å²) < 4.78 is 13.9. The second-order valence-electron chi connectivity index (χ2n) is 3.49. The normalized spacial score (nSPS) is 9.75. The van der Waals surface area contributed by atoms with E-state index in [1.807, 2.05) is 42.5 Å². The van der Waals surface area contributed by atoms with Crippen LogP contribution in [0.5, 0.6) is 0 Å². The highest BCUT2D eigenvalue weighted by Gasteiger charge is 1.95. The number of hydrogen-bond acceptors (Lipinski definition) is 2. The summed E-state index contributed by atoms with van der Waals surface area (Å²) in [6, 6.07) is 18.0. The molecule has 2 aromatic rings. The minimum absolute atomic E-state index is 0.240. The predicted octanol–water partition coefficient (Wildman–Crippen LogP) is 3.31. The molecule has 0 N–H and O–H groups in total. The summed E-state index contributed by atoms with van der Waals surface area (Å²) in [5, 5.41) is 0. The fraction of sp³-hybridized carbons (Fsp3) is 0.0769. The van der Waals surface area contributed by atoms with E-state index in [9.17, 15) is 4.21 Å². The molecule has 2 rings (SSSR count). The van der Waals surface area contributed by atoms with Crippen molar-refractivity contribution < 1.29 is 4.21 Å². The molecule has 0 aliphatic carbocycles. The molecule has 2 aromatic carbocycles. The lowest BCUT2D eigenvalue weighted by molar-refractivity contribution is 0.698. The van der Waals surface area contributed by atoms with Gasteiger partial charge in [-0.25, -0.2) is 0 Å². The molecule has 0 bridgehead atoms. The van der Waals surface area contributed by atoms with E-state index in [4.69, 9.17) is 0 Å². The smallest absolute Gasteiger partial charge is 0.191 e. The largest absolute Gasteiger partial charge is 0.205 e. The van der Waals surface area contributed by atoms with Gasteiger partial charge in [0.05, 0.1) is 5.69 Å². The monoisotopic (exact) mass is 229 g/mol. The first-order valence-corrected chi connectivity index (χ1v) is 5.71. The van der Waals surface area contributed by atoms with Gasteiger partial charge in [0.15, 0.2) is 0 Å². The van der Waals surface area contributed by atoms with Gasteiger partial charge in [-0.2, -0.15) is 8.57 Å². The Balaban J connectivity index is 2.14. The van der Waals surface area contributed by atoms with E-state index in [0.29, 0.717) is 0 Å². The van der Waals surface area contributed by atoms with E-state index in [2.05, 4.69) is 16.5 Å². The zero-order chi connectivity index (χ0) is 11.2. The third-order valence-corrected chi connectivity index (χ3v) is 2.62. The van der Waals surface area contributed by atoms with Crippen molar-refractivity contribution in [2.75, 3.05) is 0 Å². The SMILES string of the molecule is O=S=Nc1ccc(Cc2ccccc2)cc1. The minimum atomic E-state index is 0.240. The van der Waals surface area contributed by atoms with Crippen LogP contribution < -0.4 is 0 Å². The summed E-state index contributed by atoms with van der Waals surface area (Å²) in [6.45, 7) is 0. The third kappa shape index (κ3) is 2.87. The molecule has 0 saturated carbocycles. The van der Waals surface area contributed by atoms with Crippen molar-refractivity contribution in [2.45, 2.75) is 6.42 Å². The number of hydrogen-bond donors (Lipinski definition) is 0. The molecule has 0 radical (unpaired) electrons. The lowest BCUT2D eigenvalue weighted by Crippen LogP contribution is -1.86. The maximum absolute atomic E-state index is 10.2. The molecule has 0 saturated heterocycles. The van der Waals surface area contributed by atoms with E-state index in [1.54, 1.807) is 0 Å². The second-order valence-corrected chi connectivity index (χ2v) is 3.83. The van der Waals surface area contributed by atoms with Gasteiger partial charge in [0.25, 0.3) is 0 Å². The highest BCUT2D eigenvalue weighted by Crippen LogP contribution is 2.15. The topological polar surface area (TPSA) is 29.4 Å². The molecule has 0 unspecified atom stereocenters. The Morgan fingerprint density at radius 3 is 2.12 bits per heavy atom. The van der Waals surface area contributed by atoms with Crippen LogP contribution in [0.4, 0.5) is 5.69 Å². The Hall–Kier alpha value is -1.74. The maximum Gasteiger partial charge on any atom is 0.205 e. The number of benzene rings is 2. The van der Waals surface area contributed by atoms with E-state index >= 15 is 0 Å². The highest BCUT2D eigenvalue weighted by atomic mass is 32.1. The summed E-state index contributed by atoms with van der Waals surface area (Å²) in [7, 11) is 0. The Kier molecular flexibility index (Phi) is 3.62. The van der Waals surface area contributed by atoms with Crippen molar-refractivity contribution in [3.8, 4) is 0 Å². The number of rotatable bonds is 3. The highest BCUT2D eigenvalue weighted by molar-refractivity contribution is 7.54. The standard InChI is InChI=1S/C13H11NOS/c15-16-14-13-8-6-12(7-9-13)10-11-4-2-1-3-5-11/h1-9H,10H2. The molecule has 0 fully saturated rings. The molecule has 0 spiro atoms. The van der Waals surface area contributed by atoms with Gasteiger partial charge in [-0.15, -0.1) is 0 Å². The molecule has 16 heavy (non-hydrogen) atoms. The number of nitrogens with zero attached hydrogens (tertiary/aromatic N) is 1. The first-order chi connectivity index (χ1) is 7.88. The van der Waals surface area contributed by atoms with Gasteiger partial charge in [-0.05, 0) is 29.7 Å². The van der Waals surface area contributed by atoms with Crippen molar-refractivity contribution in [3.05, 3.63) is 65.7 Å². The van der Waals surface area contributed by atoms with Crippen molar-refractivity contribution in [1.82, 2.24) is 0 Å². The molecular weight excluding hydrogens is 218 g/mol. The van der Waals surface area contributed by atoms with Crippen LogP contribution in [0.25, 0.3) is 0 Å². The Bertz CT molecular complexity index is 501. The van der Waals surface area contributed by atoms with Crippen LogP contribution in [0.15, 0.2) is 59.0 Å². The molecule has 0 amide bonds. The minimum Gasteiger partial charge on any atom is -0.191 e. The van der Waals surface area contributed by atoms with E-state index in [-0.39, 0.29) is 11.5 Å². The van der Waals surface area contributed by atoms with Gasteiger partial charge in [0.2, 0.25) is 11.5 Å². The first-order valence-electron chi connectivity index (χ1n) is 5.01. The van der Waals surface area contributed by atoms with E-state index < -0.39 is 0 Å². The Morgan fingerprint density at radius 2 is 1.50 bits per heavy atom. The van der Waals surface area contributed by atoms with Crippen LogP contribution >= 0.6 is 0 Å². The van der Waals surface area contributed by atoms with Crippen LogP contribution in [0.2, 0.25) is 0 Å². The lowest BCUT2D eigenvalue weighted by Gasteiger charge is -2.01. The molecule has 0 aliphatic rings. The van der Waals surface area contributed by atoms with Gasteiger partial charge >= 0.3 is 0 Å². The van der Waals surface area contributed by atoms with Crippen LogP contribution in [0, 0.1) is 0 Å². The van der Waals surface area contributed by atoms with Crippen LogP contribution in [0.1, 0.15) is 11.1 Å². The Labute approximate surface area is 98.2 Å². The quantitative estimate of drug-likeness (QED) is 0.794. The molecule has 0 aliphatic heterocycles. The van der Waals surface area contributed by atoms with Gasteiger partial charge < -0.3 is 0 Å². The lowest BCUT2D eigenvalue weighted by atomic mass is 10.1. The van der Waals surface area contributed by atoms with Crippen LogP contribution in [-0.4, -0.2) is 4.21 Å². The van der Waals surface area contributed by atoms with Crippen molar-refractivity contribution in [3.63, 3.8) is 0 Å². The molecule has 0 atom stereocenters. The van der Waals surface area contributed by atoms with Crippen molar-refractivity contribution >= 4 is 17.2 Å². The summed E-state index contributed by atoms with van der Waals surface area (Å²) >= 11 is 0.240. The zero-order valence-electron chi connectivity index (χ0n) is 8.67. The van der Waals surface area contributed by atoms with Crippen molar-refractivity contribution in [2.24, 2.45) is 4.36 Å². The third-order valence-electron chi connectivity index (χ3n) is 2.33. The van der Waals surface area contributed by atoms with Gasteiger partial charge in [0, 0.05) is 0 Å².